The highest BCUT2D eigenvalue weighted by Crippen LogP contribution is 2.26. The van der Waals surface area contributed by atoms with Gasteiger partial charge in [0, 0.05) is 24.0 Å². The zero-order valence-corrected chi connectivity index (χ0v) is 13.2. The molecule has 1 aliphatic rings. The molecule has 0 aliphatic heterocycles. The molecular formula is C16H25N3O2. The van der Waals surface area contributed by atoms with E-state index in [1.54, 1.807) is 4.90 Å². The van der Waals surface area contributed by atoms with E-state index < -0.39 is 5.91 Å². The van der Waals surface area contributed by atoms with Crippen LogP contribution in [0.2, 0.25) is 0 Å². The van der Waals surface area contributed by atoms with Gasteiger partial charge in [-0.1, -0.05) is 12.8 Å². The van der Waals surface area contributed by atoms with E-state index in [1.807, 2.05) is 19.9 Å². The SMILES string of the molecule is CCn1c(C)cc(C(=O)N(CC(N)=O)C2CCCC2)c1C. The maximum absolute atomic E-state index is 12.9. The van der Waals surface area contributed by atoms with Crippen LogP contribution in [0.5, 0.6) is 0 Å². The summed E-state index contributed by atoms with van der Waals surface area (Å²) in [6.07, 6.45) is 4.15. The minimum Gasteiger partial charge on any atom is -0.368 e. The predicted molar refractivity (Wildman–Crippen MR) is 82.1 cm³/mol. The molecule has 0 aromatic carbocycles. The maximum atomic E-state index is 12.9. The van der Waals surface area contributed by atoms with E-state index in [2.05, 4.69) is 11.5 Å². The van der Waals surface area contributed by atoms with E-state index in [9.17, 15) is 9.59 Å². The summed E-state index contributed by atoms with van der Waals surface area (Å²) in [5.74, 6) is -0.506. The monoisotopic (exact) mass is 291 g/mol. The van der Waals surface area contributed by atoms with E-state index in [4.69, 9.17) is 5.73 Å². The van der Waals surface area contributed by atoms with Crippen molar-refractivity contribution in [3.63, 3.8) is 0 Å². The van der Waals surface area contributed by atoms with Gasteiger partial charge in [-0.05, 0) is 39.7 Å². The lowest BCUT2D eigenvalue weighted by Gasteiger charge is -2.27. The second-order valence-corrected chi connectivity index (χ2v) is 5.87. The lowest BCUT2D eigenvalue weighted by atomic mass is 10.1. The van der Waals surface area contributed by atoms with E-state index in [0.29, 0.717) is 5.56 Å². The summed E-state index contributed by atoms with van der Waals surface area (Å²) in [7, 11) is 0. The molecule has 1 saturated carbocycles. The first-order chi connectivity index (χ1) is 9.95. The second kappa shape index (κ2) is 6.33. The summed E-state index contributed by atoms with van der Waals surface area (Å²) in [5.41, 5.74) is 8.07. The highest BCUT2D eigenvalue weighted by molar-refractivity contribution is 5.97. The number of aryl methyl sites for hydroxylation is 1. The van der Waals surface area contributed by atoms with Gasteiger partial charge in [0.1, 0.15) is 0 Å². The fraction of sp³-hybridized carbons (Fsp3) is 0.625. The topological polar surface area (TPSA) is 68.3 Å². The lowest BCUT2D eigenvalue weighted by molar-refractivity contribution is -0.119. The van der Waals surface area contributed by atoms with Gasteiger partial charge in [0.15, 0.2) is 0 Å². The molecule has 0 atom stereocenters. The predicted octanol–water partition coefficient (Wildman–Crippen LogP) is 1.99. The number of primary amides is 1. The molecule has 1 aromatic heterocycles. The molecule has 0 unspecified atom stereocenters. The van der Waals surface area contributed by atoms with E-state index in [0.717, 1.165) is 43.6 Å². The Hall–Kier alpha value is -1.78. The molecule has 116 valence electrons. The number of carbonyl (C=O) groups excluding carboxylic acids is 2. The lowest BCUT2D eigenvalue weighted by Crippen LogP contribution is -2.44. The van der Waals surface area contributed by atoms with Crippen LogP contribution in [0.1, 0.15) is 54.4 Å². The summed E-state index contributed by atoms with van der Waals surface area (Å²) >= 11 is 0. The van der Waals surface area contributed by atoms with Crippen molar-refractivity contribution in [3.8, 4) is 0 Å². The molecule has 0 bridgehead atoms. The normalized spacial score (nSPS) is 15.4. The smallest absolute Gasteiger partial charge is 0.256 e. The van der Waals surface area contributed by atoms with Gasteiger partial charge in [-0.2, -0.15) is 0 Å². The average Bonchev–Trinajstić information content (AvgIpc) is 3.03. The molecule has 2 amide bonds. The van der Waals surface area contributed by atoms with Crippen molar-refractivity contribution < 1.29 is 9.59 Å². The Balaban J connectivity index is 2.31. The van der Waals surface area contributed by atoms with Gasteiger partial charge in [0.2, 0.25) is 5.91 Å². The van der Waals surface area contributed by atoms with Gasteiger partial charge >= 0.3 is 0 Å². The van der Waals surface area contributed by atoms with Crippen LogP contribution in [0.3, 0.4) is 0 Å². The van der Waals surface area contributed by atoms with Gasteiger partial charge in [-0.3, -0.25) is 9.59 Å². The third-order valence-corrected chi connectivity index (χ3v) is 4.47. The van der Waals surface area contributed by atoms with Crippen molar-refractivity contribution in [1.29, 1.82) is 0 Å². The van der Waals surface area contributed by atoms with Crippen LogP contribution >= 0.6 is 0 Å². The summed E-state index contributed by atoms with van der Waals surface area (Å²) in [6, 6.07) is 2.07. The molecular weight excluding hydrogens is 266 g/mol. The van der Waals surface area contributed by atoms with Crippen LogP contribution in [0.25, 0.3) is 0 Å². The average molecular weight is 291 g/mol. The Morgan fingerprint density at radius 3 is 2.43 bits per heavy atom. The third-order valence-electron chi connectivity index (χ3n) is 4.47. The van der Waals surface area contributed by atoms with E-state index in [-0.39, 0.29) is 18.5 Å². The van der Waals surface area contributed by atoms with E-state index in [1.165, 1.54) is 0 Å². The third kappa shape index (κ3) is 3.12. The van der Waals surface area contributed by atoms with Crippen molar-refractivity contribution in [1.82, 2.24) is 9.47 Å². The minimum absolute atomic E-state index is 0.0132. The fourth-order valence-electron chi connectivity index (χ4n) is 3.41. The molecule has 5 heteroatoms. The summed E-state index contributed by atoms with van der Waals surface area (Å²) in [4.78, 5) is 25.9. The molecule has 0 spiro atoms. The largest absolute Gasteiger partial charge is 0.368 e. The zero-order chi connectivity index (χ0) is 15.6. The van der Waals surface area contributed by atoms with Crippen molar-refractivity contribution >= 4 is 11.8 Å². The highest BCUT2D eigenvalue weighted by Gasteiger charge is 2.30. The number of carbonyl (C=O) groups is 2. The number of hydrogen-bond donors (Lipinski definition) is 1. The van der Waals surface area contributed by atoms with Gasteiger partial charge in [-0.15, -0.1) is 0 Å². The number of aromatic nitrogens is 1. The highest BCUT2D eigenvalue weighted by atomic mass is 16.2. The van der Waals surface area contributed by atoms with Gasteiger partial charge in [0.25, 0.3) is 5.91 Å². The van der Waals surface area contributed by atoms with Crippen LogP contribution in [-0.2, 0) is 11.3 Å². The van der Waals surface area contributed by atoms with Crippen molar-refractivity contribution in [3.05, 3.63) is 23.0 Å². The molecule has 0 radical (unpaired) electrons. The Morgan fingerprint density at radius 2 is 1.95 bits per heavy atom. The summed E-state index contributed by atoms with van der Waals surface area (Å²) in [5, 5.41) is 0. The van der Waals surface area contributed by atoms with Gasteiger partial charge < -0.3 is 15.2 Å². The zero-order valence-electron chi connectivity index (χ0n) is 13.2. The molecule has 1 heterocycles. The molecule has 2 N–H and O–H groups in total. The molecule has 5 nitrogen and oxygen atoms in total. The fourth-order valence-corrected chi connectivity index (χ4v) is 3.41. The van der Waals surface area contributed by atoms with Crippen molar-refractivity contribution in [2.24, 2.45) is 5.73 Å². The van der Waals surface area contributed by atoms with Gasteiger partial charge in [-0.25, -0.2) is 0 Å². The van der Waals surface area contributed by atoms with Gasteiger partial charge in [0.05, 0.1) is 12.1 Å². The first-order valence-electron chi connectivity index (χ1n) is 7.71. The first-order valence-corrected chi connectivity index (χ1v) is 7.71. The second-order valence-electron chi connectivity index (χ2n) is 5.87. The summed E-state index contributed by atoms with van der Waals surface area (Å²) < 4.78 is 2.12. The Kier molecular flexibility index (Phi) is 4.70. The molecule has 1 fully saturated rings. The maximum Gasteiger partial charge on any atom is 0.256 e. The first kappa shape index (κ1) is 15.6. The minimum atomic E-state index is -0.445. The molecule has 1 aliphatic carbocycles. The number of hydrogen-bond acceptors (Lipinski definition) is 2. The number of nitrogens with two attached hydrogens (primary N) is 1. The summed E-state index contributed by atoms with van der Waals surface area (Å²) in [6.45, 7) is 6.87. The molecule has 1 aromatic rings. The number of rotatable bonds is 5. The van der Waals surface area contributed by atoms with Crippen LogP contribution in [0.4, 0.5) is 0 Å². The Labute approximate surface area is 126 Å². The van der Waals surface area contributed by atoms with Crippen LogP contribution < -0.4 is 5.73 Å². The van der Waals surface area contributed by atoms with Crippen LogP contribution in [-0.4, -0.2) is 33.9 Å². The molecule has 2 rings (SSSR count). The van der Waals surface area contributed by atoms with Crippen LogP contribution in [0.15, 0.2) is 6.07 Å². The van der Waals surface area contributed by atoms with Crippen LogP contribution in [0, 0.1) is 13.8 Å². The number of nitrogens with zero attached hydrogens (tertiary/aromatic N) is 2. The Bertz CT molecular complexity index is 542. The van der Waals surface area contributed by atoms with Crippen molar-refractivity contribution in [2.45, 2.75) is 59.0 Å². The molecule has 21 heavy (non-hydrogen) atoms. The Morgan fingerprint density at radius 1 is 1.33 bits per heavy atom. The van der Waals surface area contributed by atoms with Crippen molar-refractivity contribution in [2.75, 3.05) is 6.54 Å². The number of amides is 2. The molecule has 0 saturated heterocycles. The van der Waals surface area contributed by atoms with E-state index >= 15 is 0 Å². The quantitative estimate of drug-likeness (QED) is 0.901. The standard InChI is InChI=1S/C16H25N3O2/c1-4-18-11(2)9-14(12(18)3)16(21)19(10-15(17)20)13-7-5-6-8-13/h9,13H,4-8,10H2,1-3H3,(H2,17,20).